The molecule has 18 heavy (non-hydrogen) atoms. The quantitative estimate of drug-likeness (QED) is 0.445. The second-order valence-corrected chi connectivity index (χ2v) is 4.02. The second-order valence-electron chi connectivity index (χ2n) is 4.02. The van der Waals surface area contributed by atoms with Gasteiger partial charge in [-0.3, -0.25) is 5.41 Å². The number of nitrogens with one attached hydrogen (secondary N) is 3. The van der Waals surface area contributed by atoms with Gasteiger partial charge in [0.2, 0.25) is 5.90 Å². The number of piperidine rings is 1. The molecule has 1 rings (SSSR count). The summed E-state index contributed by atoms with van der Waals surface area (Å²) in [7, 11) is 0. The largest absolute Gasteiger partial charge is 0.467 e. The third-order valence-electron chi connectivity index (χ3n) is 2.46. The minimum absolute atomic E-state index is 0.141. The molecule has 0 aromatic carbocycles. The van der Waals surface area contributed by atoms with E-state index in [1.54, 1.807) is 0 Å². The summed E-state index contributed by atoms with van der Waals surface area (Å²) < 4.78 is 39.8. The van der Waals surface area contributed by atoms with E-state index in [4.69, 9.17) is 11.1 Å². The highest BCUT2D eigenvalue weighted by molar-refractivity contribution is 5.89. The van der Waals surface area contributed by atoms with Gasteiger partial charge in [0.15, 0.2) is 6.61 Å². The summed E-state index contributed by atoms with van der Waals surface area (Å²) >= 11 is 0. The lowest BCUT2D eigenvalue weighted by molar-refractivity contribution is -0.156. The molecule has 1 aliphatic heterocycles. The van der Waals surface area contributed by atoms with Crippen LogP contribution in [-0.4, -0.2) is 37.8 Å². The first-order chi connectivity index (χ1) is 8.38. The van der Waals surface area contributed by atoms with Crippen molar-refractivity contribution in [3.63, 3.8) is 0 Å². The topological polar surface area (TPSA) is 83.2 Å². The minimum Gasteiger partial charge on any atom is -0.467 e. The lowest BCUT2D eigenvalue weighted by Gasteiger charge is -2.23. The molecule has 8 heteroatoms. The van der Waals surface area contributed by atoms with Gasteiger partial charge in [0.05, 0.1) is 0 Å². The Hall–Kier alpha value is -1.44. The SMILES string of the molecule is N=C(OCC(F)(F)F)/C(N)=C\NC1CCNCC1. The Balaban J connectivity index is 2.33. The first kappa shape index (κ1) is 14.6. The first-order valence-electron chi connectivity index (χ1n) is 5.59. The van der Waals surface area contributed by atoms with Gasteiger partial charge < -0.3 is 21.1 Å². The molecule has 0 radical (unpaired) electrons. The average Bonchev–Trinajstić information content (AvgIpc) is 2.33. The van der Waals surface area contributed by atoms with E-state index in [0.717, 1.165) is 25.9 Å². The Morgan fingerprint density at radius 2 is 2.06 bits per heavy atom. The van der Waals surface area contributed by atoms with Crippen LogP contribution in [0.25, 0.3) is 0 Å². The van der Waals surface area contributed by atoms with Crippen molar-refractivity contribution >= 4 is 5.90 Å². The molecule has 1 fully saturated rings. The Morgan fingerprint density at radius 1 is 1.44 bits per heavy atom. The number of alkyl halides is 3. The standard InChI is InChI=1S/C10H17F3N4O/c11-10(12,13)6-18-9(15)8(14)5-17-7-1-3-16-4-2-7/h5,7,15-17H,1-4,6,14H2/b8-5+,15-9?. The maximum absolute atomic E-state index is 11.9. The smallest absolute Gasteiger partial charge is 0.422 e. The number of ether oxygens (including phenoxy) is 1. The van der Waals surface area contributed by atoms with E-state index < -0.39 is 18.7 Å². The van der Waals surface area contributed by atoms with E-state index in [-0.39, 0.29) is 11.7 Å². The monoisotopic (exact) mass is 266 g/mol. The van der Waals surface area contributed by atoms with Crippen LogP contribution >= 0.6 is 0 Å². The molecule has 0 spiro atoms. The lowest BCUT2D eigenvalue weighted by atomic mass is 10.1. The Labute approximate surface area is 103 Å². The fourth-order valence-electron chi connectivity index (χ4n) is 1.50. The highest BCUT2D eigenvalue weighted by Crippen LogP contribution is 2.14. The molecule has 104 valence electrons. The van der Waals surface area contributed by atoms with Crippen LogP contribution in [0.3, 0.4) is 0 Å². The number of rotatable bonds is 4. The van der Waals surface area contributed by atoms with Crippen LogP contribution in [0.2, 0.25) is 0 Å². The molecule has 0 aromatic heterocycles. The Kier molecular flexibility index (Phi) is 5.26. The van der Waals surface area contributed by atoms with Crippen LogP contribution in [0.15, 0.2) is 11.9 Å². The van der Waals surface area contributed by atoms with E-state index in [1.165, 1.54) is 6.20 Å². The van der Waals surface area contributed by atoms with Crippen LogP contribution in [0, 0.1) is 5.41 Å². The van der Waals surface area contributed by atoms with Crippen molar-refractivity contribution in [2.45, 2.75) is 25.1 Å². The second kappa shape index (κ2) is 6.48. The molecule has 5 N–H and O–H groups in total. The lowest BCUT2D eigenvalue weighted by Crippen LogP contribution is -2.38. The molecule has 5 nitrogen and oxygen atoms in total. The predicted octanol–water partition coefficient (Wildman–Crippen LogP) is 0.684. The molecule has 0 unspecified atom stereocenters. The number of halogens is 3. The fourth-order valence-corrected chi connectivity index (χ4v) is 1.50. The zero-order chi connectivity index (χ0) is 13.6. The number of hydrogen-bond acceptors (Lipinski definition) is 5. The van der Waals surface area contributed by atoms with Crippen LogP contribution in [0.1, 0.15) is 12.8 Å². The maximum Gasteiger partial charge on any atom is 0.422 e. The van der Waals surface area contributed by atoms with E-state index >= 15 is 0 Å². The van der Waals surface area contributed by atoms with Crippen molar-refractivity contribution in [2.24, 2.45) is 5.73 Å². The van der Waals surface area contributed by atoms with Crippen molar-refractivity contribution in [1.82, 2.24) is 10.6 Å². The highest BCUT2D eigenvalue weighted by Gasteiger charge is 2.29. The van der Waals surface area contributed by atoms with E-state index in [2.05, 4.69) is 15.4 Å². The average molecular weight is 266 g/mol. The highest BCUT2D eigenvalue weighted by atomic mass is 19.4. The molecular formula is C10H17F3N4O. The molecule has 0 bridgehead atoms. The van der Waals surface area contributed by atoms with Gasteiger partial charge in [-0.25, -0.2) is 0 Å². The Bertz CT molecular complexity index is 311. The molecular weight excluding hydrogens is 249 g/mol. The molecule has 0 amide bonds. The molecule has 0 saturated carbocycles. The van der Waals surface area contributed by atoms with Gasteiger partial charge in [0.1, 0.15) is 5.70 Å². The van der Waals surface area contributed by atoms with Crippen molar-refractivity contribution < 1.29 is 17.9 Å². The van der Waals surface area contributed by atoms with E-state index in [0.29, 0.717) is 0 Å². The maximum atomic E-state index is 11.9. The van der Waals surface area contributed by atoms with Gasteiger partial charge in [0.25, 0.3) is 0 Å². The zero-order valence-corrected chi connectivity index (χ0v) is 9.81. The molecule has 0 aromatic rings. The predicted molar refractivity (Wildman–Crippen MR) is 61.0 cm³/mol. The summed E-state index contributed by atoms with van der Waals surface area (Å²) in [6.07, 6.45) is -1.33. The number of nitrogens with two attached hydrogens (primary N) is 1. The summed E-state index contributed by atoms with van der Waals surface area (Å²) in [4.78, 5) is 0. The normalized spacial score (nSPS) is 18.5. The van der Waals surface area contributed by atoms with Crippen LogP contribution in [0.5, 0.6) is 0 Å². The summed E-state index contributed by atoms with van der Waals surface area (Å²) in [5.74, 6) is -0.672. The van der Waals surface area contributed by atoms with Gasteiger partial charge in [-0.05, 0) is 25.9 Å². The molecule has 1 heterocycles. The Morgan fingerprint density at radius 3 is 2.61 bits per heavy atom. The molecule has 1 aliphatic rings. The van der Waals surface area contributed by atoms with Crippen LogP contribution in [0.4, 0.5) is 13.2 Å². The summed E-state index contributed by atoms with van der Waals surface area (Å²) in [6, 6.07) is 0.222. The van der Waals surface area contributed by atoms with Crippen molar-refractivity contribution in [3.05, 3.63) is 11.9 Å². The zero-order valence-electron chi connectivity index (χ0n) is 9.81. The van der Waals surface area contributed by atoms with E-state index in [1.807, 2.05) is 0 Å². The minimum atomic E-state index is -4.46. The van der Waals surface area contributed by atoms with Gasteiger partial charge in [-0.2, -0.15) is 13.2 Å². The number of hydrogen-bond donors (Lipinski definition) is 4. The third-order valence-corrected chi connectivity index (χ3v) is 2.46. The van der Waals surface area contributed by atoms with Gasteiger partial charge in [-0.1, -0.05) is 0 Å². The summed E-state index contributed by atoms with van der Waals surface area (Å²) in [5, 5.41) is 13.4. The van der Waals surface area contributed by atoms with Crippen LogP contribution < -0.4 is 16.4 Å². The van der Waals surface area contributed by atoms with Crippen molar-refractivity contribution in [2.75, 3.05) is 19.7 Å². The van der Waals surface area contributed by atoms with Gasteiger partial charge in [0, 0.05) is 12.2 Å². The third kappa shape index (κ3) is 5.76. The van der Waals surface area contributed by atoms with E-state index in [9.17, 15) is 13.2 Å². The summed E-state index contributed by atoms with van der Waals surface area (Å²) in [5.41, 5.74) is 5.29. The fraction of sp³-hybridized carbons (Fsp3) is 0.700. The summed E-state index contributed by atoms with van der Waals surface area (Å²) in [6.45, 7) is 0.259. The first-order valence-corrected chi connectivity index (χ1v) is 5.59. The molecule has 0 aliphatic carbocycles. The van der Waals surface area contributed by atoms with Crippen LogP contribution in [-0.2, 0) is 4.74 Å². The molecule has 1 saturated heterocycles. The molecule has 0 atom stereocenters. The van der Waals surface area contributed by atoms with Gasteiger partial charge in [-0.15, -0.1) is 0 Å². The van der Waals surface area contributed by atoms with Crippen molar-refractivity contribution in [3.8, 4) is 0 Å². The van der Waals surface area contributed by atoms with Gasteiger partial charge >= 0.3 is 6.18 Å². The van der Waals surface area contributed by atoms with Crippen molar-refractivity contribution in [1.29, 1.82) is 5.41 Å².